The average Bonchev–Trinajstić information content (AvgIpc) is 2.90. The van der Waals surface area contributed by atoms with E-state index in [1.807, 2.05) is 39.8 Å². The van der Waals surface area contributed by atoms with Crippen LogP contribution in [-0.2, 0) is 24.3 Å². The number of hydrogen-bond donors (Lipinski definition) is 0. The molecule has 0 radical (unpaired) electrons. The van der Waals surface area contributed by atoms with E-state index in [1.54, 1.807) is 31.1 Å². The third-order valence-corrected chi connectivity index (χ3v) is 8.26. The van der Waals surface area contributed by atoms with Gasteiger partial charge in [-0.15, -0.1) is 0 Å². The molecular formula is C29H41FN4O5S. The summed E-state index contributed by atoms with van der Waals surface area (Å²) in [4.78, 5) is 23.3. The van der Waals surface area contributed by atoms with Crippen molar-refractivity contribution >= 4 is 28.0 Å². The van der Waals surface area contributed by atoms with E-state index in [9.17, 15) is 17.6 Å². The van der Waals surface area contributed by atoms with Gasteiger partial charge in [-0.3, -0.25) is 4.79 Å². The van der Waals surface area contributed by atoms with Gasteiger partial charge in [0, 0.05) is 38.7 Å². The van der Waals surface area contributed by atoms with E-state index in [0.29, 0.717) is 41.8 Å². The van der Waals surface area contributed by atoms with E-state index >= 15 is 0 Å². The molecule has 3 rings (SSSR count). The van der Waals surface area contributed by atoms with Gasteiger partial charge in [-0.2, -0.15) is 0 Å². The van der Waals surface area contributed by atoms with E-state index < -0.39 is 21.6 Å². The third kappa shape index (κ3) is 7.44. The second-order valence-electron chi connectivity index (χ2n) is 10.7. The van der Waals surface area contributed by atoms with Crippen molar-refractivity contribution in [3.63, 3.8) is 0 Å². The van der Waals surface area contributed by atoms with Crippen LogP contribution in [0.25, 0.3) is 17.3 Å². The van der Waals surface area contributed by atoms with Gasteiger partial charge in [0.2, 0.25) is 21.9 Å². The number of anilines is 1. The molecule has 0 aliphatic carbocycles. The lowest BCUT2D eigenvalue weighted by Crippen LogP contribution is -2.48. The average molecular weight is 577 g/mol. The fourth-order valence-electron chi connectivity index (χ4n) is 4.57. The Balaban J connectivity index is 2.12. The monoisotopic (exact) mass is 576 g/mol. The minimum absolute atomic E-state index is 0.0181. The number of aromatic nitrogens is 2. The number of carbonyl (C=O) groups excluding carboxylic acids is 1. The lowest BCUT2D eigenvalue weighted by Gasteiger charge is -2.43. The predicted octanol–water partition coefficient (Wildman–Crippen LogP) is 4.98. The molecular weight excluding hydrogens is 535 g/mol. The first kappa shape index (κ1) is 31.6. The lowest BCUT2D eigenvalue weighted by molar-refractivity contribution is -0.311. The molecule has 40 heavy (non-hydrogen) atoms. The number of hydrogen-bond acceptors (Lipinski definition) is 7. The number of rotatable bonds is 10. The molecule has 1 aliphatic heterocycles. The molecule has 2 atom stereocenters. The smallest absolute Gasteiger partial charge is 0.239 e. The lowest BCUT2D eigenvalue weighted by atomic mass is 9.96. The molecule has 1 amide bonds. The van der Waals surface area contributed by atoms with Crippen molar-refractivity contribution in [1.82, 2.24) is 14.9 Å². The van der Waals surface area contributed by atoms with Gasteiger partial charge in [0.1, 0.15) is 5.82 Å². The molecule has 0 saturated carbocycles. The SMILES string of the molecule is CCC1(CC)OC(C=Cc2c(-c3ccc(F)cc3)nc(N(C)S(C)(=O)=O)nc2C(C)C)CC(CC(=O)N(C)C)O1. The fraction of sp³-hybridized carbons (Fsp3) is 0.552. The molecule has 0 bridgehead atoms. The summed E-state index contributed by atoms with van der Waals surface area (Å²) in [5.74, 6) is -1.28. The Hall–Kier alpha value is -2.89. The Morgan fingerprint density at radius 2 is 1.75 bits per heavy atom. The quantitative estimate of drug-likeness (QED) is 0.393. The Kier molecular flexibility index (Phi) is 10.1. The summed E-state index contributed by atoms with van der Waals surface area (Å²) in [5.41, 5.74) is 2.41. The summed E-state index contributed by atoms with van der Waals surface area (Å²) in [6, 6.07) is 5.89. The van der Waals surface area contributed by atoms with Gasteiger partial charge in [-0.05, 0) is 43.0 Å². The van der Waals surface area contributed by atoms with Gasteiger partial charge in [-0.1, -0.05) is 39.8 Å². The standard InChI is InChI=1S/C29H41FN4O5S/c1-9-29(10-2)38-22(17-23(39-29)18-25(35)33(5)6)15-16-24-26(19(3)4)31-28(34(7)40(8,36)37)32-27(24)20-11-13-21(30)14-12-20/h11-16,19,22-23H,9-10,17-18H2,1-8H3. The van der Waals surface area contributed by atoms with Gasteiger partial charge in [-0.25, -0.2) is 27.1 Å². The zero-order valence-electron chi connectivity index (χ0n) is 24.6. The minimum Gasteiger partial charge on any atom is -0.349 e. The van der Waals surface area contributed by atoms with E-state index in [4.69, 9.17) is 9.47 Å². The van der Waals surface area contributed by atoms with Crippen molar-refractivity contribution in [3.8, 4) is 11.3 Å². The Morgan fingerprint density at radius 3 is 2.27 bits per heavy atom. The second-order valence-corrected chi connectivity index (χ2v) is 12.7. The van der Waals surface area contributed by atoms with Crippen LogP contribution in [0.4, 0.5) is 10.3 Å². The van der Waals surface area contributed by atoms with Crippen LogP contribution in [0.2, 0.25) is 0 Å². The summed E-state index contributed by atoms with van der Waals surface area (Å²) in [6.45, 7) is 7.92. The highest BCUT2D eigenvalue weighted by Crippen LogP contribution is 2.36. The largest absolute Gasteiger partial charge is 0.349 e. The topological polar surface area (TPSA) is 102 Å². The second kappa shape index (κ2) is 12.7. The molecule has 220 valence electrons. The van der Waals surface area contributed by atoms with Crippen LogP contribution in [0.3, 0.4) is 0 Å². The summed E-state index contributed by atoms with van der Waals surface area (Å²) in [5, 5.41) is 0. The molecule has 0 spiro atoms. The predicted molar refractivity (Wildman–Crippen MR) is 155 cm³/mol. The van der Waals surface area contributed by atoms with Crippen LogP contribution in [0.5, 0.6) is 0 Å². The maximum absolute atomic E-state index is 13.8. The van der Waals surface area contributed by atoms with Gasteiger partial charge in [0.05, 0.1) is 36.3 Å². The first-order valence-corrected chi connectivity index (χ1v) is 15.4. The highest BCUT2D eigenvalue weighted by atomic mass is 32.2. The van der Waals surface area contributed by atoms with Gasteiger partial charge < -0.3 is 14.4 Å². The first-order valence-electron chi connectivity index (χ1n) is 13.5. The van der Waals surface area contributed by atoms with Crippen LogP contribution in [0.1, 0.15) is 70.6 Å². The van der Waals surface area contributed by atoms with E-state index in [0.717, 1.165) is 10.6 Å². The zero-order chi connectivity index (χ0) is 29.8. The van der Waals surface area contributed by atoms with Crippen LogP contribution in [0, 0.1) is 5.82 Å². The zero-order valence-corrected chi connectivity index (χ0v) is 25.5. The molecule has 2 unspecified atom stereocenters. The molecule has 11 heteroatoms. The van der Waals surface area contributed by atoms with Gasteiger partial charge in [0.15, 0.2) is 5.79 Å². The van der Waals surface area contributed by atoms with Gasteiger partial charge >= 0.3 is 0 Å². The highest BCUT2D eigenvalue weighted by Gasteiger charge is 2.40. The van der Waals surface area contributed by atoms with Crippen molar-refractivity contribution in [3.05, 3.63) is 47.4 Å². The van der Waals surface area contributed by atoms with E-state index in [-0.39, 0.29) is 36.4 Å². The van der Waals surface area contributed by atoms with Crippen molar-refractivity contribution in [2.24, 2.45) is 0 Å². The number of sulfonamides is 1. The van der Waals surface area contributed by atoms with Gasteiger partial charge in [0.25, 0.3) is 0 Å². The van der Waals surface area contributed by atoms with Crippen LogP contribution in [0.15, 0.2) is 30.3 Å². The Morgan fingerprint density at radius 1 is 1.12 bits per heavy atom. The molecule has 9 nitrogen and oxygen atoms in total. The summed E-state index contributed by atoms with van der Waals surface area (Å²) in [7, 11) is 1.23. The summed E-state index contributed by atoms with van der Waals surface area (Å²) < 4.78 is 52.2. The van der Waals surface area contributed by atoms with E-state index in [2.05, 4.69) is 9.97 Å². The van der Waals surface area contributed by atoms with Crippen LogP contribution in [-0.4, -0.2) is 74.6 Å². The van der Waals surface area contributed by atoms with E-state index in [1.165, 1.54) is 19.2 Å². The van der Waals surface area contributed by atoms with Crippen molar-refractivity contribution in [1.29, 1.82) is 0 Å². The van der Waals surface area contributed by atoms with Crippen LogP contribution < -0.4 is 4.31 Å². The maximum Gasteiger partial charge on any atom is 0.239 e. The molecule has 1 saturated heterocycles. The third-order valence-electron chi connectivity index (χ3n) is 7.11. The number of carbonyl (C=O) groups is 1. The number of ether oxygens (including phenoxy) is 2. The Bertz CT molecular complexity index is 1320. The molecule has 1 aliphatic rings. The minimum atomic E-state index is -3.62. The normalized spacial score (nSPS) is 19.2. The molecule has 2 aromatic rings. The molecule has 1 fully saturated rings. The Labute approximate surface area is 237 Å². The summed E-state index contributed by atoms with van der Waals surface area (Å²) in [6.07, 6.45) is 6.19. The highest BCUT2D eigenvalue weighted by molar-refractivity contribution is 7.92. The fourth-order valence-corrected chi connectivity index (χ4v) is 4.94. The molecule has 1 aromatic carbocycles. The number of amides is 1. The maximum atomic E-state index is 13.8. The number of nitrogens with zero attached hydrogens (tertiary/aromatic N) is 4. The van der Waals surface area contributed by atoms with Crippen LogP contribution >= 0.6 is 0 Å². The molecule has 1 aromatic heterocycles. The molecule has 0 N–H and O–H groups in total. The number of benzene rings is 1. The van der Waals surface area contributed by atoms with Crippen molar-refractivity contribution in [2.75, 3.05) is 31.7 Å². The molecule has 2 heterocycles. The first-order chi connectivity index (χ1) is 18.7. The summed E-state index contributed by atoms with van der Waals surface area (Å²) >= 11 is 0. The van der Waals surface area contributed by atoms with Crippen molar-refractivity contribution < 1.29 is 27.1 Å². The number of halogens is 1. The van der Waals surface area contributed by atoms with Crippen molar-refractivity contribution in [2.45, 2.75) is 77.3 Å².